The summed E-state index contributed by atoms with van der Waals surface area (Å²) in [5.74, 6) is -0.578. The van der Waals surface area contributed by atoms with Crippen molar-refractivity contribution in [3.8, 4) is 0 Å². The molecule has 0 saturated carbocycles. The molecule has 0 bridgehead atoms. The van der Waals surface area contributed by atoms with E-state index >= 15 is 0 Å². The summed E-state index contributed by atoms with van der Waals surface area (Å²) < 4.78 is 0. The second-order valence-corrected chi connectivity index (χ2v) is 6.27. The Balaban J connectivity index is 1.71. The highest BCUT2D eigenvalue weighted by Gasteiger charge is 2.40. The molecule has 2 unspecified atom stereocenters. The van der Waals surface area contributed by atoms with Gasteiger partial charge in [0.1, 0.15) is 4.88 Å². The molecule has 2 atom stereocenters. The third kappa shape index (κ3) is 2.37. The number of hydrogen-bond donors (Lipinski definition) is 2. The summed E-state index contributed by atoms with van der Waals surface area (Å²) in [6.07, 6.45) is 2.00. The molecule has 0 aromatic carbocycles. The minimum absolute atomic E-state index is 0.118. The fourth-order valence-corrected chi connectivity index (χ4v) is 3.89. The number of piperidine rings is 1. The lowest BCUT2D eigenvalue weighted by Gasteiger charge is -2.35. The highest BCUT2D eigenvalue weighted by molar-refractivity contribution is 7.13. The smallest absolute Gasteiger partial charge is 0.345 e. The molecular formula is C13H16N2O3S. The first-order valence-electron chi connectivity index (χ1n) is 6.49. The molecule has 2 aliphatic rings. The van der Waals surface area contributed by atoms with Gasteiger partial charge in [0, 0.05) is 24.0 Å². The zero-order valence-electron chi connectivity index (χ0n) is 10.5. The summed E-state index contributed by atoms with van der Waals surface area (Å²) in [6.45, 7) is 2.45. The molecule has 1 amide bonds. The van der Waals surface area contributed by atoms with Gasteiger partial charge < -0.3 is 10.4 Å². The van der Waals surface area contributed by atoms with Gasteiger partial charge in [-0.2, -0.15) is 0 Å². The molecule has 2 fully saturated rings. The lowest BCUT2D eigenvalue weighted by Crippen LogP contribution is -2.44. The lowest BCUT2D eigenvalue weighted by molar-refractivity contribution is -0.124. The van der Waals surface area contributed by atoms with Crippen LogP contribution in [0.1, 0.15) is 27.4 Å². The minimum atomic E-state index is -0.870. The maximum atomic E-state index is 11.7. The predicted octanol–water partition coefficient (Wildman–Crippen LogP) is 1.16. The largest absolute Gasteiger partial charge is 0.477 e. The SMILES string of the molecule is O=C(O)c1ccc(CN2CCCC3C(=O)NCC32)s1. The van der Waals surface area contributed by atoms with Crippen LogP contribution in [0.25, 0.3) is 0 Å². The molecule has 0 radical (unpaired) electrons. The van der Waals surface area contributed by atoms with Gasteiger partial charge in [0.2, 0.25) is 5.91 Å². The summed E-state index contributed by atoms with van der Waals surface area (Å²) >= 11 is 1.32. The number of carboxylic acids is 1. The number of fused-ring (bicyclic) bond motifs is 1. The van der Waals surface area contributed by atoms with Crippen LogP contribution in [0.5, 0.6) is 0 Å². The predicted molar refractivity (Wildman–Crippen MR) is 71.2 cm³/mol. The number of nitrogens with zero attached hydrogens (tertiary/aromatic N) is 1. The molecule has 3 heterocycles. The lowest BCUT2D eigenvalue weighted by atomic mass is 9.91. The van der Waals surface area contributed by atoms with E-state index in [1.54, 1.807) is 6.07 Å². The fraction of sp³-hybridized carbons (Fsp3) is 0.538. The molecule has 3 rings (SSSR count). The molecular weight excluding hydrogens is 264 g/mol. The van der Waals surface area contributed by atoms with E-state index in [1.165, 1.54) is 11.3 Å². The number of carbonyl (C=O) groups is 2. The van der Waals surface area contributed by atoms with Crippen LogP contribution in [0.4, 0.5) is 0 Å². The molecule has 2 saturated heterocycles. The molecule has 6 heteroatoms. The number of nitrogens with one attached hydrogen (secondary N) is 1. The van der Waals surface area contributed by atoms with Crippen LogP contribution in [0.15, 0.2) is 12.1 Å². The monoisotopic (exact) mass is 280 g/mol. The van der Waals surface area contributed by atoms with Gasteiger partial charge in [-0.3, -0.25) is 9.69 Å². The Kier molecular flexibility index (Phi) is 3.28. The fourth-order valence-electron chi connectivity index (χ4n) is 3.01. The van der Waals surface area contributed by atoms with Gasteiger partial charge in [-0.05, 0) is 31.5 Å². The van der Waals surface area contributed by atoms with Gasteiger partial charge >= 0.3 is 5.97 Å². The Labute approximate surface area is 115 Å². The maximum Gasteiger partial charge on any atom is 0.345 e. The average molecular weight is 280 g/mol. The third-order valence-corrected chi connectivity index (χ3v) is 5.01. The number of hydrogen-bond acceptors (Lipinski definition) is 4. The van der Waals surface area contributed by atoms with Crippen LogP contribution in [-0.4, -0.2) is 41.0 Å². The standard InChI is InChI=1S/C13H16N2O3S/c16-12-9-2-1-5-15(10(9)6-14-12)7-8-3-4-11(19-8)13(17)18/h3-4,9-10H,1-2,5-7H2,(H,14,16)(H,17,18). The van der Waals surface area contributed by atoms with Crippen molar-refractivity contribution in [2.75, 3.05) is 13.1 Å². The molecule has 2 aliphatic heterocycles. The molecule has 0 aliphatic carbocycles. The van der Waals surface area contributed by atoms with Crippen molar-refractivity contribution in [2.24, 2.45) is 5.92 Å². The zero-order chi connectivity index (χ0) is 13.4. The van der Waals surface area contributed by atoms with Crippen LogP contribution in [-0.2, 0) is 11.3 Å². The Bertz CT molecular complexity index is 514. The minimum Gasteiger partial charge on any atom is -0.477 e. The van der Waals surface area contributed by atoms with Crippen LogP contribution in [0.3, 0.4) is 0 Å². The summed E-state index contributed by atoms with van der Waals surface area (Å²) in [4.78, 5) is 26.3. The molecule has 2 N–H and O–H groups in total. The van der Waals surface area contributed by atoms with E-state index in [9.17, 15) is 9.59 Å². The van der Waals surface area contributed by atoms with Crippen molar-refractivity contribution in [3.05, 3.63) is 21.9 Å². The third-order valence-electron chi connectivity index (χ3n) is 3.95. The van der Waals surface area contributed by atoms with Gasteiger partial charge in [0.25, 0.3) is 0 Å². The van der Waals surface area contributed by atoms with Crippen LogP contribution in [0, 0.1) is 5.92 Å². The van der Waals surface area contributed by atoms with E-state index < -0.39 is 5.97 Å². The van der Waals surface area contributed by atoms with Crippen molar-refractivity contribution >= 4 is 23.2 Å². The maximum absolute atomic E-state index is 11.7. The van der Waals surface area contributed by atoms with Gasteiger partial charge in [0.05, 0.1) is 5.92 Å². The second-order valence-electron chi connectivity index (χ2n) is 5.10. The van der Waals surface area contributed by atoms with E-state index in [4.69, 9.17) is 5.11 Å². The Morgan fingerprint density at radius 2 is 2.37 bits per heavy atom. The first-order chi connectivity index (χ1) is 9.15. The number of aromatic carboxylic acids is 1. The van der Waals surface area contributed by atoms with E-state index in [2.05, 4.69) is 10.2 Å². The van der Waals surface area contributed by atoms with Gasteiger partial charge in [-0.25, -0.2) is 4.79 Å². The number of rotatable bonds is 3. The second kappa shape index (κ2) is 4.94. The molecule has 1 aromatic heterocycles. The summed E-state index contributed by atoms with van der Waals surface area (Å²) in [5, 5.41) is 11.9. The highest BCUT2D eigenvalue weighted by Crippen LogP contribution is 2.29. The normalized spacial score (nSPS) is 27.1. The number of thiophene rings is 1. The molecule has 5 nitrogen and oxygen atoms in total. The Morgan fingerprint density at radius 1 is 1.53 bits per heavy atom. The van der Waals surface area contributed by atoms with E-state index in [0.29, 0.717) is 4.88 Å². The molecule has 19 heavy (non-hydrogen) atoms. The van der Waals surface area contributed by atoms with Crippen molar-refractivity contribution in [1.82, 2.24) is 10.2 Å². The summed E-state index contributed by atoms with van der Waals surface area (Å²) in [7, 11) is 0. The van der Waals surface area contributed by atoms with E-state index in [0.717, 1.165) is 37.4 Å². The van der Waals surface area contributed by atoms with Gasteiger partial charge in [-0.1, -0.05) is 0 Å². The number of likely N-dealkylation sites (tertiary alicyclic amines) is 1. The average Bonchev–Trinajstić information content (AvgIpc) is 2.98. The number of carboxylic acid groups (broad SMARTS) is 1. The van der Waals surface area contributed by atoms with Crippen LogP contribution >= 0.6 is 11.3 Å². The first kappa shape index (κ1) is 12.6. The number of amides is 1. The zero-order valence-corrected chi connectivity index (χ0v) is 11.3. The highest BCUT2D eigenvalue weighted by atomic mass is 32.1. The quantitative estimate of drug-likeness (QED) is 0.871. The topological polar surface area (TPSA) is 69.6 Å². The molecule has 0 spiro atoms. The number of carbonyl (C=O) groups excluding carboxylic acids is 1. The Morgan fingerprint density at radius 3 is 3.11 bits per heavy atom. The molecule has 1 aromatic rings. The van der Waals surface area contributed by atoms with E-state index in [-0.39, 0.29) is 17.9 Å². The van der Waals surface area contributed by atoms with Crippen LogP contribution in [0.2, 0.25) is 0 Å². The van der Waals surface area contributed by atoms with Crippen LogP contribution < -0.4 is 5.32 Å². The van der Waals surface area contributed by atoms with E-state index in [1.807, 2.05) is 6.07 Å². The van der Waals surface area contributed by atoms with Crippen molar-refractivity contribution < 1.29 is 14.7 Å². The first-order valence-corrected chi connectivity index (χ1v) is 7.30. The Hall–Kier alpha value is -1.40. The van der Waals surface area contributed by atoms with Gasteiger partial charge in [0.15, 0.2) is 0 Å². The van der Waals surface area contributed by atoms with Crippen molar-refractivity contribution in [1.29, 1.82) is 0 Å². The van der Waals surface area contributed by atoms with Gasteiger partial charge in [-0.15, -0.1) is 11.3 Å². The van der Waals surface area contributed by atoms with Crippen molar-refractivity contribution in [3.63, 3.8) is 0 Å². The molecule has 102 valence electrons. The van der Waals surface area contributed by atoms with Crippen molar-refractivity contribution in [2.45, 2.75) is 25.4 Å². The summed E-state index contributed by atoms with van der Waals surface area (Å²) in [5.41, 5.74) is 0. The summed E-state index contributed by atoms with van der Waals surface area (Å²) in [6, 6.07) is 3.81.